The molecule has 3 nitrogen and oxygen atoms in total. The molecule has 0 radical (unpaired) electrons. The lowest BCUT2D eigenvalue weighted by Gasteiger charge is -2.45. The van der Waals surface area contributed by atoms with Crippen LogP contribution in [0.25, 0.3) is 0 Å². The van der Waals surface area contributed by atoms with E-state index in [1.165, 1.54) is 11.6 Å². The number of alkyl halides is 1. The summed E-state index contributed by atoms with van der Waals surface area (Å²) in [7, 11) is 1.65. The number of ether oxygens (including phenoxy) is 1. The molecule has 1 aromatic rings. The van der Waals surface area contributed by atoms with E-state index in [1.807, 2.05) is 36.1 Å². The predicted molar refractivity (Wildman–Crippen MR) is 92.9 cm³/mol. The molecule has 0 bridgehead atoms. The second-order valence-electron chi connectivity index (χ2n) is 6.35. The third kappa shape index (κ3) is 3.07. The molecule has 128 valence electrons. The Bertz CT molecular complexity index is 701. The van der Waals surface area contributed by atoms with Gasteiger partial charge in [-0.3, -0.25) is 4.79 Å². The molecule has 1 aliphatic carbocycles. The van der Waals surface area contributed by atoms with Crippen molar-refractivity contribution in [3.05, 3.63) is 53.4 Å². The molecule has 0 spiro atoms. The van der Waals surface area contributed by atoms with Crippen molar-refractivity contribution in [1.29, 1.82) is 0 Å². The van der Waals surface area contributed by atoms with E-state index in [4.69, 9.17) is 16.3 Å². The van der Waals surface area contributed by atoms with Crippen LogP contribution in [0.15, 0.2) is 42.3 Å². The van der Waals surface area contributed by atoms with Crippen molar-refractivity contribution in [3.8, 4) is 5.75 Å². The Morgan fingerprint density at radius 3 is 2.88 bits per heavy atom. The monoisotopic (exact) mass is 349 g/mol. The summed E-state index contributed by atoms with van der Waals surface area (Å²) in [5, 5.41) is 0. The van der Waals surface area contributed by atoms with E-state index in [0.29, 0.717) is 6.42 Å². The minimum atomic E-state index is -0.222. The van der Waals surface area contributed by atoms with E-state index in [9.17, 15) is 9.18 Å². The highest BCUT2D eigenvalue weighted by atomic mass is 35.5. The zero-order valence-corrected chi connectivity index (χ0v) is 14.6. The molecular formula is C19H21ClFNO2. The van der Waals surface area contributed by atoms with E-state index >= 15 is 0 Å². The lowest BCUT2D eigenvalue weighted by molar-refractivity contribution is -0.135. The molecule has 0 N–H and O–H groups in total. The molecule has 2 aliphatic rings. The van der Waals surface area contributed by atoms with Gasteiger partial charge in [0, 0.05) is 12.0 Å². The van der Waals surface area contributed by atoms with Crippen LogP contribution in [0.4, 0.5) is 4.39 Å². The third-order valence-corrected chi connectivity index (χ3v) is 5.08. The van der Waals surface area contributed by atoms with Gasteiger partial charge in [-0.1, -0.05) is 12.1 Å². The standard InChI is InChI=1S/C19H21ClFNO2/c1-12-9-14-10-16(24-2)7-8-17(14)19(22(12)18(23)11-20)13-3-5-15(21)6-4-13/h3,5-8,10,12-13,19H,4,9,11H2,1-2H3/t12-,13?,19-/m0/s1. The van der Waals surface area contributed by atoms with Gasteiger partial charge in [-0.15, -0.1) is 11.6 Å². The normalized spacial score (nSPS) is 25.9. The number of allylic oxidation sites excluding steroid dienone is 3. The van der Waals surface area contributed by atoms with Gasteiger partial charge in [-0.25, -0.2) is 4.39 Å². The largest absolute Gasteiger partial charge is 0.497 e. The van der Waals surface area contributed by atoms with Crippen LogP contribution in [-0.4, -0.2) is 29.8 Å². The molecule has 3 atom stereocenters. The number of carbonyl (C=O) groups is 1. The van der Waals surface area contributed by atoms with E-state index in [2.05, 4.69) is 0 Å². The number of benzene rings is 1. The van der Waals surface area contributed by atoms with Crippen molar-refractivity contribution in [3.63, 3.8) is 0 Å². The summed E-state index contributed by atoms with van der Waals surface area (Å²) in [6, 6.07) is 5.85. The number of hydrogen-bond acceptors (Lipinski definition) is 2. The molecule has 0 aromatic heterocycles. The number of halogens is 2. The molecule has 1 amide bonds. The number of nitrogens with zero attached hydrogens (tertiary/aromatic N) is 1. The van der Waals surface area contributed by atoms with Crippen molar-refractivity contribution in [2.24, 2.45) is 5.92 Å². The molecule has 5 heteroatoms. The van der Waals surface area contributed by atoms with Crippen molar-refractivity contribution in [1.82, 2.24) is 4.90 Å². The zero-order chi connectivity index (χ0) is 17.3. The Morgan fingerprint density at radius 2 is 2.25 bits per heavy atom. The fourth-order valence-corrected chi connectivity index (χ4v) is 3.90. The minimum Gasteiger partial charge on any atom is -0.497 e. The van der Waals surface area contributed by atoms with Gasteiger partial charge in [0.2, 0.25) is 5.91 Å². The number of rotatable bonds is 3. The van der Waals surface area contributed by atoms with Gasteiger partial charge >= 0.3 is 0 Å². The second-order valence-corrected chi connectivity index (χ2v) is 6.61. The zero-order valence-electron chi connectivity index (χ0n) is 13.8. The van der Waals surface area contributed by atoms with Crippen LogP contribution in [0, 0.1) is 5.92 Å². The Hall–Kier alpha value is -1.81. The molecule has 1 aliphatic heterocycles. The van der Waals surface area contributed by atoms with Gasteiger partial charge in [-0.2, -0.15) is 0 Å². The van der Waals surface area contributed by atoms with Gasteiger partial charge < -0.3 is 9.64 Å². The van der Waals surface area contributed by atoms with Crippen LogP contribution in [0.1, 0.15) is 30.5 Å². The summed E-state index contributed by atoms with van der Waals surface area (Å²) in [5.74, 6) is 0.486. The smallest absolute Gasteiger partial charge is 0.238 e. The predicted octanol–water partition coefficient (Wildman–Crippen LogP) is 4.18. The lowest BCUT2D eigenvalue weighted by Crippen LogP contribution is -2.48. The SMILES string of the molecule is COc1ccc2c(c1)C[C@H](C)N(C(=O)CCl)[C@H]2C1C=CC(F)=CC1. The molecule has 1 heterocycles. The molecule has 1 aromatic carbocycles. The molecule has 24 heavy (non-hydrogen) atoms. The van der Waals surface area contributed by atoms with E-state index in [0.717, 1.165) is 17.7 Å². The topological polar surface area (TPSA) is 29.5 Å². The highest BCUT2D eigenvalue weighted by molar-refractivity contribution is 6.27. The highest BCUT2D eigenvalue weighted by Crippen LogP contribution is 2.42. The summed E-state index contributed by atoms with van der Waals surface area (Å²) in [4.78, 5) is 14.4. The summed E-state index contributed by atoms with van der Waals surface area (Å²) in [6.45, 7) is 2.03. The van der Waals surface area contributed by atoms with Gasteiger partial charge in [0.1, 0.15) is 17.5 Å². The van der Waals surface area contributed by atoms with Crippen LogP contribution in [0.3, 0.4) is 0 Å². The van der Waals surface area contributed by atoms with Crippen molar-refractivity contribution < 1.29 is 13.9 Å². The molecule has 0 saturated carbocycles. The maximum absolute atomic E-state index is 13.4. The maximum Gasteiger partial charge on any atom is 0.238 e. The molecular weight excluding hydrogens is 329 g/mol. The molecule has 3 rings (SSSR count). The number of hydrogen-bond donors (Lipinski definition) is 0. The molecule has 0 fully saturated rings. The first kappa shape index (κ1) is 17.0. The summed E-state index contributed by atoms with van der Waals surface area (Å²) in [5.41, 5.74) is 2.27. The van der Waals surface area contributed by atoms with E-state index in [-0.39, 0.29) is 35.6 Å². The van der Waals surface area contributed by atoms with Crippen molar-refractivity contribution in [2.75, 3.05) is 13.0 Å². The summed E-state index contributed by atoms with van der Waals surface area (Å²) < 4.78 is 18.7. The van der Waals surface area contributed by atoms with Gasteiger partial charge in [0.05, 0.1) is 13.2 Å². The maximum atomic E-state index is 13.4. The average molecular weight is 350 g/mol. The fourth-order valence-electron chi connectivity index (χ4n) is 3.77. The first-order valence-corrected chi connectivity index (χ1v) is 8.66. The molecule has 1 unspecified atom stereocenters. The van der Waals surface area contributed by atoms with Crippen LogP contribution < -0.4 is 4.74 Å². The Kier molecular flexibility index (Phi) is 4.95. The highest BCUT2D eigenvalue weighted by Gasteiger charge is 2.39. The first-order chi connectivity index (χ1) is 11.5. The quantitative estimate of drug-likeness (QED) is 0.766. The van der Waals surface area contributed by atoms with Crippen LogP contribution in [0.2, 0.25) is 0 Å². The van der Waals surface area contributed by atoms with Crippen LogP contribution >= 0.6 is 11.6 Å². The number of amides is 1. The molecule has 0 saturated heterocycles. The van der Waals surface area contributed by atoms with Gasteiger partial charge in [-0.05, 0) is 55.2 Å². The average Bonchev–Trinajstić information content (AvgIpc) is 2.60. The minimum absolute atomic E-state index is 0.0324. The van der Waals surface area contributed by atoms with Crippen molar-refractivity contribution in [2.45, 2.75) is 31.8 Å². The Balaban J connectivity index is 2.05. The second kappa shape index (κ2) is 6.98. The Labute approximate surface area is 146 Å². The first-order valence-electron chi connectivity index (χ1n) is 8.13. The van der Waals surface area contributed by atoms with Gasteiger partial charge in [0.15, 0.2) is 0 Å². The third-order valence-electron chi connectivity index (χ3n) is 4.85. The van der Waals surface area contributed by atoms with Crippen LogP contribution in [0.5, 0.6) is 5.75 Å². The fraction of sp³-hybridized carbons (Fsp3) is 0.421. The van der Waals surface area contributed by atoms with Crippen LogP contribution in [-0.2, 0) is 11.2 Å². The lowest BCUT2D eigenvalue weighted by atomic mass is 9.79. The van der Waals surface area contributed by atoms with E-state index in [1.54, 1.807) is 13.2 Å². The van der Waals surface area contributed by atoms with E-state index < -0.39 is 0 Å². The summed E-state index contributed by atoms with van der Waals surface area (Å²) >= 11 is 5.85. The van der Waals surface area contributed by atoms with Crippen molar-refractivity contribution >= 4 is 17.5 Å². The Morgan fingerprint density at radius 1 is 1.46 bits per heavy atom. The number of methoxy groups -OCH3 is 1. The van der Waals surface area contributed by atoms with Gasteiger partial charge in [0.25, 0.3) is 0 Å². The number of fused-ring (bicyclic) bond motifs is 1. The summed E-state index contributed by atoms with van der Waals surface area (Å²) in [6.07, 6.45) is 6.25. The number of carbonyl (C=O) groups excluding carboxylic acids is 1.